The van der Waals surface area contributed by atoms with Crippen LogP contribution >= 0.6 is 0 Å². The highest BCUT2D eigenvalue weighted by Gasteiger charge is 2.42. The van der Waals surface area contributed by atoms with E-state index in [0.717, 1.165) is 13.0 Å². The van der Waals surface area contributed by atoms with Crippen LogP contribution in [0.25, 0.3) is 0 Å². The molecule has 2 unspecified atom stereocenters. The van der Waals surface area contributed by atoms with Crippen molar-refractivity contribution < 1.29 is 0 Å². The standard InChI is InChI=1S/C17H27N3/c1-19(2)16-8-10-20(12-16)17(13-18)9-7-14-5-3-4-6-15(14)11-17/h3-6,16H,7-13,18H2,1-2H3. The van der Waals surface area contributed by atoms with Crippen molar-refractivity contribution in [3.05, 3.63) is 35.4 Å². The van der Waals surface area contributed by atoms with E-state index in [-0.39, 0.29) is 5.54 Å². The molecule has 0 bridgehead atoms. The minimum atomic E-state index is 0.194. The summed E-state index contributed by atoms with van der Waals surface area (Å²) in [5.41, 5.74) is 9.47. The van der Waals surface area contributed by atoms with Crippen LogP contribution in [-0.2, 0) is 12.8 Å². The largest absolute Gasteiger partial charge is 0.329 e. The molecule has 2 N–H and O–H groups in total. The molecule has 0 saturated carbocycles. The third-order valence-corrected chi connectivity index (χ3v) is 5.44. The van der Waals surface area contributed by atoms with Crippen LogP contribution in [0.3, 0.4) is 0 Å². The van der Waals surface area contributed by atoms with Gasteiger partial charge in [-0.2, -0.15) is 0 Å². The smallest absolute Gasteiger partial charge is 0.0375 e. The van der Waals surface area contributed by atoms with Gasteiger partial charge in [-0.25, -0.2) is 0 Å². The van der Waals surface area contributed by atoms with Gasteiger partial charge in [0.15, 0.2) is 0 Å². The number of nitrogens with two attached hydrogens (primary N) is 1. The Bertz CT molecular complexity index is 471. The van der Waals surface area contributed by atoms with Gasteiger partial charge in [-0.05, 0) is 50.9 Å². The summed E-state index contributed by atoms with van der Waals surface area (Å²) < 4.78 is 0. The summed E-state index contributed by atoms with van der Waals surface area (Å²) >= 11 is 0. The van der Waals surface area contributed by atoms with Crippen LogP contribution in [0.15, 0.2) is 24.3 Å². The van der Waals surface area contributed by atoms with Gasteiger partial charge >= 0.3 is 0 Å². The predicted octanol–water partition coefficient (Wildman–Crippen LogP) is 1.51. The molecule has 3 heteroatoms. The number of fused-ring (bicyclic) bond motifs is 1. The maximum atomic E-state index is 6.24. The molecule has 0 radical (unpaired) electrons. The molecule has 0 aromatic heterocycles. The molecule has 0 spiro atoms. The van der Waals surface area contributed by atoms with Crippen LogP contribution in [0.5, 0.6) is 0 Å². The Hall–Kier alpha value is -0.900. The summed E-state index contributed by atoms with van der Waals surface area (Å²) in [5, 5.41) is 0. The Kier molecular flexibility index (Phi) is 3.85. The quantitative estimate of drug-likeness (QED) is 0.906. The number of likely N-dealkylation sites (tertiary alicyclic amines) is 1. The molecule has 3 nitrogen and oxygen atoms in total. The van der Waals surface area contributed by atoms with Crippen LogP contribution in [0.4, 0.5) is 0 Å². The zero-order valence-corrected chi connectivity index (χ0v) is 12.8. The molecule has 20 heavy (non-hydrogen) atoms. The molecule has 1 fully saturated rings. The first-order valence-corrected chi connectivity index (χ1v) is 7.83. The van der Waals surface area contributed by atoms with Gasteiger partial charge in [-0.3, -0.25) is 4.90 Å². The van der Waals surface area contributed by atoms with Crippen molar-refractivity contribution in [3.8, 4) is 0 Å². The topological polar surface area (TPSA) is 32.5 Å². The molecule has 2 aliphatic rings. The molecule has 1 aliphatic carbocycles. The van der Waals surface area contributed by atoms with Crippen molar-refractivity contribution in [1.29, 1.82) is 0 Å². The number of likely N-dealkylation sites (N-methyl/N-ethyl adjacent to an activating group) is 1. The van der Waals surface area contributed by atoms with Gasteiger partial charge in [-0.1, -0.05) is 24.3 Å². The van der Waals surface area contributed by atoms with E-state index in [2.05, 4.69) is 48.2 Å². The lowest BCUT2D eigenvalue weighted by Gasteiger charge is -2.45. The molecule has 0 amide bonds. The van der Waals surface area contributed by atoms with E-state index in [1.807, 2.05) is 0 Å². The van der Waals surface area contributed by atoms with Gasteiger partial charge < -0.3 is 10.6 Å². The Morgan fingerprint density at radius 2 is 2.05 bits per heavy atom. The van der Waals surface area contributed by atoms with E-state index in [9.17, 15) is 0 Å². The monoisotopic (exact) mass is 273 g/mol. The lowest BCUT2D eigenvalue weighted by molar-refractivity contribution is 0.0983. The third-order valence-electron chi connectivity index (χ3n) is 5.44. The molecule has 1 aliphatic heterocycles. The van der Waals surface area contributed by atoms with Gasteiger partial charge in [0, 0.05) is 31.2 Å². The first kappa shape index (κ1) is 14.1. The van der Waals surface area contributed by atoms with Crippen LogP contribution in [0.1, 0.15) is 24.0 Å². The summed E-state index contributed by atoms with van der Waals surface area (Å²) in [7, 11) is 4.39. The number of nitrogens with zero attached hydrogens (tertiary/aromatic N) is 2. The fraction of sp³-hybridized carbons (Fsp3) is 0.647. The predicted molar refractivity (Wildman–Crippen MR) is 83.9 cm³/mol. The zero-order chi connectivity index (χ0) is 14.2. The summed E-state index contributed by atoms with van der Waals surface area (Å²) in [4.78, 5) is 5.04. The van der Waals surface area contributed by atoms with E-state index in [1.54, 1.807) is 0 Å². The van der Waals surface area contributed by atoms with Crippen molar-refractivity contribution in [1.82, 2.24) is 9.80 Å². The highest BCUT2D eigenvalue weighted by molar-refractivity contribution is 5.32. The van der Waals surface area contributed by atoms with Crippen molar-refractivity contribution in [3.63, 3.8) is 0 Å². The number of benzene rings is 1. The first-order chi connectivity index (χ1) is 9.64. The van der Waals surface area contributed by atoms with Gasteiger partial charge in [-0.15, -0.1) is 0 Å². The second kappa shape index (κ2) is 5.47. The van der Waals surface area contributed by atoms with Gasteiger partial charge in [0.05, 0.1) is 0 Å². The summed E-state index contributed by atoms with van der Waals surface area (Å²) in [6.07, 6.45) is 4.79. The van der Waals surface area contributed by atoms with Crippen LogP contribution in [-0.4, -0.2) is 55.1 Å². The number of rotatable bonds is 3. The van der Waals surface area contributed by atoms with Crippen LogP contribution in [0, 0.1) is 0 Å². The number of hydrogen-bond acceptors (Lipinski definition) is 3. The van der Waals surface area contributed by atoms with Gasteiger partial charge in [0.1, 0.15) is 0 Å². The molecule has 1 saturated heterocycles. The molecule has 1 heterocycles. The highest BCUT2D eigenvalue weighted by atomic mass is 15.3. The van der Waals surface area contributed by atoms with Crippen LogP contribution in [0.2, 0.25) is 0 Å². The molecule has 1 aromatic carbocycles. The Morgan fingerprint density at radius 1 is 1.30 bits per heavy atom. The average molecular weight is 273 g/mol. The maximum Gasteiger partial charge on any atom is 0.0375 e. The van der Waals surface area contributed by atoms with E-state index >= 15 is 0 Å². The summed E-state index contributed by atoms with van der Waals surface area (Å²) in [6, 6.07) is 9.58. The van der Waals surface area contributed by atoms with Crippen molar-refractivity contribution >= 4 is 0 Å². The normalized spacial score (nSPS) is 30.7. The Morgan fingerprint density at radius 3 is 2.70 bits per heavy atom. The summed E-state index contributed by atoms with van der Waals surface area (Å²) in [5.74, 6) is 0. The third kappa shape index (κ3) is 2.39. The molecule has 2 atom stereocenters. The molecule has 1 aromatic rings. The second-order valence-electron chi connectivity index (χ2n) is 6.73. The van der Waals surface area contributed by atoms with E-state index in [4.69, 9.17) is 5.73 Å². The first-order valence-electron chi connectivity index (χ1n) is 7.83. The number of aryl methyl sites for hydroxylation is 1. The van der Waals surface area contributed by atoms with E-state index in [1.165, 1.54) is 43.5 Å². The van der Waals surface area contributed by atoms with E-state index in [0.29, 0.717) is 6.04 Å². The van der Waals surface area contributed by atoms with Crippen LogP contribution < -0.4 is 5.73 Å². The van der Waals surface area contributed by atoms with Crippen molar-refractivity contribution in [2.75, 3.05) is 33.7 Å². The fourth-order valence-corrected chi connectivity index (χ4v) is 3.95. The molecule has 110 valence electrons. The molecular weight excluding hydrogens is 246 g/mol. The van der Waals surface area contributed by atoms with E-state index < -0.39 is 0 Å². The van der Waals surface area contributed by atoms with Gasteiger partial charge in [0.25, 0.3) is 0 Å². The molecular formula is C17H27N3. The SMILES string of the molecule is CN(C)C1CCN(C2(CN)CCc3ccccc3C2)C1. The average Bonchev–Trinajstić information content (AvgIpc) is 2.97. The number of hydrogen-bond donors (Lipinski definition) is 1. The Labute approximate surface area is 122 Å². The molecule has 3 rings (SSSR count). The highest BCUT2D eigenvalue weighted by Crippen LogP contribution is 2.35. The zero-order valence-electron chi connectivity index (χ0n) is 12.8. The second-order valence-corrected chi connectivity index (χ2v) is 6.73. The Balaban J connectivity index is 1.80. The minimum Gasteiger partial charge on any atom is -0.329 e. The lowest BCUT2D eigenvalue weighted by atomic mass is 9.77. The lowest BCUT2D eigenvalue weighted by Crippen LogP contribution is -2.56. The fourth-order valence-electron chi connectivity index (χ4n) is 3.95. The van der Waals surface area contributed by atoms with Crippen molar-refractivity contribution in [2.45, 2.75) is 37.3 Å². The summed E-state index contributed by atoms with van der Waals surface area (Å²) in [6.45, 7) is 3.15. The minimum absolute atomic E-state index is 0.194. The van der Waals surface area contributed by atoms with Gasteiger partial charge in [0.2, 0.25) is 0 Å². The van der Waals surface area contributed by atoms with Crippen molar-refractivity contribution in [2.24, 2.45) is 5.73 Å². The maximum absolute atomic E-state index is 6.24.